The number of hydrogen-bond acceptors (Lipinski definition) is 3. The fraction of sp³-hybridized carbons (Fsp3) is 0.192. The average molecular weight is 447 g/mol. The molecule has 1 heterocycles. The van der Waals surface area contributed by atoms with Crippen molar-refractivity contribution in [2.75, 3.05) is 6.54 Å². The summed E-state index contributed by atoms with van der Waals surface area (Å²) in [5.74, 6) is 0. The van der Waals surface area contributed by atoms with Crippen molar-refractivity contribution in [1.82, 2.24) is 9.29 Å². The van der Waals surface area contributed by atoms with Crippen LogP contribution in [0.1, 0.15) is 22.3 Å². The number of pyridine rings is 1. The zero-order chi connectivity index (χ0) is 22.7. The molecule has 32 heavy (non-hydrogen) atoms. The van der Waals surface area contributed by atoms with E-state index in [1.807, 2.05) is 62.4 Å². The molecule has 0 spiro atoms. The summed E-state index contributed by atoms with van der Waals surface area (Å²) < 4.78 is 28.4. The van der Waals surface area contributed by atoms with Crippen LogP contribution >= 0.6 is 0 Å². The van der Waals surface area contributed by atoms with E-state index in [0.29, 0.717) is 12.0 Å². The number of H-pyrrole nitrogens is 1. The first kappa shape index (κ1) is 22.0. The van der Waals surface area contributed by atoms with E-state index in [4.69, 9.17) is 0 Å². The van der Waals surface area contributed by atoms with Crippen LogP contribution in [0.25, 0.3) is 10.9 Å². The van der Waals surface area contributed by atoms with E-state index in [2.05, 4.69) is 4.98 Å². The van der Waals surface area contributed by atoms with Crippen LogP contribution in [0.2, 0.25) is 0 Å². The van der Waals surface area contributed by atoms with Crippen LogP contribution in [0.15, 0.2) is 88.6 Å². The lowest BCUT2D eigenvalue weighted by Gasteiger charge is -2.22. The molecule has 0 fully saturated rings. The van der Waals surface area contributed by atoms with E-state index in [1.54, 1.807) is 30.3 Å². The van der Waals surface area contributed by atoms with E-state index in [-0.39, 0.29) is 23.5 Å². The van der Waals surface area contributed by atoms with E-state index in [1.165, 1.54) is 4.31 Å². The molecule has 0 bridgehead atoms. The first-order valence-corrected chi connectivity index (χ1v) is 12.0. The van der Waals surface area contributed by atoms with Crippen molar-refractivity contribution >= 4 is 20.9 Å². The topological polar surface area (TPSA) is 70.2 Å². The number of sulfonamides is 1. The van der Waals surface area contributed by atoms with Crippen molar-refractivity contribution in [2.45, 2.75) is 31.7 Å². The second kappa shape index (κ2) is 9.10. The Morgan fingerprint density at radius 3 is 2.25 bits per heavy atom. The second-order valence-corrected chi connectivity index (χ2v) is 10.0. The van der Waals surface area contributed by atoms with Gasteiger partial charge in [-0.1, -0.05) is 60.2 Å². The zero-order valence-electron chi connectivity index (χ0n) is 18.2. The van der Waals surface area contributed by atoms with Crippen LogP contribution in [0.5, 0.6) is 0 Å². The molecule has 3 aromatic carbocycles. The third-order valence-electron chi connectivity index (χ3n) is 5.58. The normalized spacial score (nSPS) is 11.8. The Kier molecular flexibility index (Phi) is 6.26. The van der Waals surface area contributed by atoms with Crippen LogP contribution in [0.4, 0.5) is 0 Å². The summed E-state index contributed by atoms with van der Waals surface area (Å²) >= 11 is 0. The standard InChI is InChI=1S/C26H26N2O3S/c1-19-9-12-24(13-10-19)32(30,31)28(15-14-21-6-4-3-5-7-21)18-23-17-22-11-8-20(2)16-25(22)27-26(23)29/h3-13,16-17H,14-15,18H2,1-2H3,(H,27,29). The van der Waals surface area contributed by atoms with Crippen LogP contribution in [-0.2, 0) is 23.0 Å². The van der Waals surface area contributed by atoms with Gasteiger partial charge >= 0.3 is 0 Å². The van der Waals surface area contributed by atoms with Gasteiger partial charge in [-0.15, -0.1) is 0 Å². The highest BCUT2D eigenvalue weighted by atomic mass is 32.2. The summed E-state index contributed by atoms with van der Waals surface area (Å²) in [6.07, 6.45) is 0.552. The summed E-state index contributed by atoms with van der Waals surface area (Å²) in [5, 5.41) is 0.876. The Labute approximate surface area is 188 Å². The number of nitrogens with zero attached hydrogens (tertiary/aromatic N) is 1. The Bertz CT molecular complexity index is 1390. The molecular formula is C26H26N2O3S. The molecule has 1 aromatic heterocycles. The summed E-state index contributed by atoms with van der Waals surface area (Å²) in [4.78, 5) is 15.9. The lowest BCUT2D eigenvalue weighted by Crippen LogP contribution is -2.34. The van der Waals surface area contributed by atoms with Crippen molar-refractivity contribution in [3.05, 3.63) is 111 Å². The lowest BCUT2D eigenvalue weighted by atomic mass is 10.1. The van der Waals surface area contributed by atoms with Gasteiger partial charge in [0.15, 0.2) is 0 Å². The molecule has 0 atom stereocenters. The van der Waals surface area contributed by atoms with Gasteiger partial charge in [-0.2, -0.15) is 4.31 Å². The molecule has 5 nitrogen and oxygen atoms in total. The van der Waals surface area contributed by atoms with Gasteiger partial charge in [0.25, 0.3) is 5.56 Å². The fourth-order valence-electron chi connectivity index (χ4n) is 3.71. The van der Waals surface area contributed by atoms with Crippen molar-refractivity contribution in [3.63, 3.8) is 0 Å². The van der Waals surface area contributed by atoms with Crippen molar-refractivity contribution < 1.29 is 8.42 Å². The van der Waals surface area contributed by atoms with Crippen LogP contribution < -0.4 is 5.56 Å². The van der Waals surface area contributed by atoms with E-state index < -0.39 is 10.0 Å². The maximum absolute atomic E-state index is 13.5. The molecule has 4 rings (SSSR count). The van der Waals surface area contributed by atoms with Crippen LogP contribution in [-0.4, -0.2) is 24.3 Å². The first-order chi connectivity index (χ1) is 15.3. The number of nitrogens with one attached hydrogen (secondary N) is 1. The van der Waals surface area contributed by atoms with Gasteiger partial charge in [0.05, 0.1) is 4.90 Å². The average Bonchev–Trinajstić information content (AvgIpc) is 2.78. The molecule has 6 heteroatoms. The molecule has 0 aliphatic heterocycles. The lowest BCUT2D eigenvalue weighted by molar-refractivity contribution is 0.408. The first-order valence-electron chi connectivity index (χ1n) is 10.6. The highest BCUT2D eigenvalue weighted by Crippen LogP contribution is 2.20. The predicted octanol–water partition coefficient (Wildman–Crippen LogP) is 4.58. The smallest absolute Gasteiger partial charge is 0.252 e. The van der Waals surface area contributed by atoms with Crippen molar-refractivity contribution in [1.29, 1.82) is 0 Å². The van der Waals surface area contributed by atoms with Gasteiger partial charge in [-0.3, -0.25) is 4.79 Å². The third-order valence-corrected chi connectivity index (χ3v) is 7.44. The maximum Gasteiger partial charge on any atom is 0.252 e. The molecule has 0 aliphatic carbocycles. The minimum absolute atomic E-state index is 0.00218. The molecule has 1 N–H and O–H groups in total. The van der Waals surface area contributed by atoms with Crippen LogP contribution in [0, 0.1) is 13.8 Å². The number of aromatic amines is 1. The molecular weight excluding hydrogens is 420 g/mol. The highest BCUT2D eigenvalue weighted by Gasteiger charge is 2.25. The maximum atomic E-state index is 13.5. The minimum atomic E-state index is -3.78. The molecule has 0 unspecified atom stereocenters. The zero-order valence-corrected chi connectivity index (χ0v) is 19.0. The largest absolute Gasteiger partial charge is 0.322 e. The van der Waals surface area contributed by atoms with Gasteiger partial charge in [0.2, 0.25) is 10.0 Å². The number of fused-ring (bicyclic) bond motifs is 1. The van der Waals surface area contributed by atoms with Gasteiger partial charge in [0, 0.05) is 24.2 Å². The third kappa shape index (κ3) is 4.82. The highest BCUT2D eigenvalue weighted by molar-refractivity contribution is 7.89. The molecule has 0 aliphatic rings. The monoisotopic (exact) mass is 446 g/mol. The molecule has 0 saturated heterocycles. The number of aryl methyl sites for hydroxylation is 2. The SMILES string of the molecule is Cc1ccc(S(=O)(=O)N(CCc2ccccc2)Cc2cc3ccc(C)cc3[nH]c2=O)cc1. The second-order valence-electron chi connectivity index (χ2n) is 8.10. The van der Waals surface area contributed by atoms with Gasteiger partial charge in [-0.25, -0.2) is 8.42 Å². The molecule has 164 valence electrons. The van der Waals surface area contributed by atoms with Crippen molar-refractivity contribution in [2.24, 2.45) is 0 Å². The summed E-state index contributed by atoms with van der Waals surface area (Å²) in [6, 6.07) is 24.2. The molecule has 0 saturated carbocycles. The summed E-state index contributed by atoms with van der Waals surface area (Å²) in [7, 11) is -3.78. The Balaban J connectivity index is 1.71. The van der Waals surface area contributed by atoms with E-state index in [9.17, 15) is 13.2 Å². The number of rotatable bonds is 7. The molecule has 0 amide bonds. The fourth-order valence-corrected chi connectivity index (χ4v) is 5.13. The number of aromatic nitrogens is 1. The van der Waals surface area contributed by atoms with E-state index >= 15 is 0 Å². The predicted molar refractivity (Wildman–Crippen MR) is 128 cm³/mol. The summed E-state index contributed by atoms with van der Waals surface area (Å²) in [5.41, 5.74) is 3.97. The molecule has 0 radical (unpaired) electrons. The Hall–Kier alpha value is -3.22. The quantitative estimate of drug-likeness (QED) is 0.452. The summed E-state index contributed by atoms with van der Waals surface area (Å²) in [6.45, 7) is 4.15. The molecule has 4 aromatic rings. The number of benzene rings is 3. The minimum Gasteiger partial charge on any atom is -0.322 e. The Morgan fingerprint density at radius 2 is 1.53 bits per heavy atom. The van der Waals surface area contributed by atoms with Gasteiger partial charge in [0.1, 0.15) is 0 Å². The van der Waals surface area contributed by atoms with Crippen LogP contribution in [0.3, 0.4) is 0 Å². The van der Waals surface area contributed by atoms with Gasteiger partial charge < -0.3 is 4.98 Å². The van der Waals surface area contributed by atoms with E-state index in [0.717, 1.165) is 27.6 Å². The van der Waals surface area contributed by atoms with Crippen molar-refractivity contribution in [3.8, 4) is 0 Å². The number of hydrogen-bond donors (Lipinski definition) is 1. The Morgan fingerprint density at radius 1 is 0.844 bits per heavy atom. The van der Waals surface area contributed by atoms with Gasteiger partial charge in [-0.05, 0) is 61.0 Å².